The lowest BCUT2D eigenvalue weighted by molar-refractivity contribution is -0.154. The summed E-state index contributed by atoms with van der Waals surface area (Å²) >= 11 is 0. The lowest BCUT2D eigenvalue weighted by Gasteiger charge is -2.58. The van der Waals surface area contributed by atoms with Crippen LogP contribution in [-0.2, 0) is 20.7 Å². The highest BCUT2D eigenvalue weighted by molar-refractivity contribution is 5.89. The third-order valence-corrected chi connectivity index (χ3v) is 7.33. The lowest BCUT2D eigenvalue weighted by Crippen LogP contribution is -2.56. The average Bonchev–Trinajstić information content (AvgIpc) is 3.16. The van der Waals surface area contributed by atoms with Crippen molar-refractivity contribution in [2.45, 2.75) is 59.0 Å². The van der Waals surface area contributed by atoms with E-state index in [1.54, 1.807) is 18.6 Å². The Morgan fingerprint density at radius 2 is 2.14 bits per heavy atom. The summed E-state index contributed by atoms with van der Waals surface area (Å²) in [6, 6.07) is 1.95. The van der Waals surface area contributed by atoms with Gasteiger partial charge in [0.2, 0.25) is 0 Å². The molecule has 2 N–H and O–H groups in total. The van der Waals surface area contributed by atoms with Gasteiger partial charge in [-0.05, 0) is 67.1 Å². The van der Waals surface area contributed by atoms with Crippen LogP contribution >= 0.6 is 0 Å². The predicted octanol–water partition coefficient (Wildman–Crippen LogP) is 3.59. The number of aliphatic hydroxyl groups excluding tert-OH is 1. The highest BCUT2D eigenvalue weighted by Gasteiger charge is 2.59. The van der Waals surface area contributed by atoms with Crippen LogP contribution < -0.4 is 0 Å². The number of aliphatic hydroxyl groups is 1. The summed E-state index contributed by atoms with van der Waals surface area (Å²) in [6.45, 7) is 5.53. The number of esters is 1. The number of carboxylic acids is 1. The van der Waals surface area contributed by atoms with Crippen molar-refractivity contribution in [2.75, 3.05) is 6.61 Å². The Bertz CT molecular complexity index is 751. The summed E-state index contributed by atoms with van der Waals surface area (Å²) in [6.07, 6.45) is 8.03. The second-order valence-corrected chi connectivity index (χ2v) is 8.71. The van der Waals surface area contributed by atoms with Crippen LogP contribution in [0.1, 0.15) is 52.0 Å². The first-order chi connectivity index (χ1) is 13.2. The van der Waals surface area contributed by atoms with Gasteiger partial charge < -0.3 is 19.4 Å². The van der Waals surface area contributed by atoms with Crippen molar-refractivity contribution < 1.29 is 29.0 Å². The summed E-state index contributed by atoms with van der Waals surface area (Å²) in [5, 5.41) is 20.3. The molecule has 0 amide bonds. The van der Waals surface area contributed by atoms with Gasteiger partial charge in [-0.1, -0.05) is 13.8 Å². The summed E-state index contributed by atoms with van der Waals surface area (Å²) in [4.78, 5) is 23.7. The number of carbonyl (C=O) groups excluding carboxylic acids is 1. The van der Waals surface area contributed by atoms with E-state index in [0.29, 0.717) is 18.8 Å². The van der Waals surface area contributed by atoms with Crippen molar-refractivity contribution in [1.29, 1.82) is 0 Å². The molecular weight excluding hydrogens is 360 g/mol. The molecule has 0 bridgehead atoms. The molecule has 0 unspecified atom stereocenters. The first-order valence-electron chi connectivity index (χ1n) is 9.97. The fourth-order valence-corrected chi connectivity index (χ4v) is 5.55. The Balaban J connectivity index is 2.01. The van der Waals surface area contributed by atoms with E-state index < -0.39 is 23.5 Å². The predicted molar refractivity (Wildman–Crippen MR) is 102 cm³/mol. The van der Waals surface area contributed by atoms with Gasteiger partial charge in [-0.25, -0.2) is 4.79 Å². The molecule has 5 atom stereocenters. The van der Waals surface area contributed by atoms with E-state index in [2.05, 4.69) is 13.8 Å². The van der Waals surface area contributed by atoms with Gasteiger partial charge in [0.25, 0.3) is 0 Å². The zero-order valence-electron chi connectivity index (χ0n) is 16.8. The van der Waals surface area contributed by atoms with Crippen LogP contribution in [-0.4, -0.2) is 34.9 Å². The van der Waals surface area contributed by atoms with Crippen LogP contribution in [0, 0.1) is 22.7 Å². The van der Waals surface area contributed by atoms with Crippen molar-refractivity contribution in [3.05, 3.63) is 35.8 Å². The molecule has 1 heterocycles. The Kier molecular flexibility index (Phi) is 5.71. The van der Waals surface area contributed by atoms with Gasteiger partial charge >= 0.3 is 11.9 Å². The maximum atomic E-state index is 12.1. The second-order valence-electron chi connectivity index (χ2n) is 8.71. The minimum absolute atomic E-state index is 0.0962. The third-order valence-electron chi connectivity index (χ3n) is 7.33. The molecule has 1 saturated carbocycles. The van der Waals surface area contributed by atoms with Crippen LogP contribution in [0.5, 0.6) is 0 Å². The van der Waals surface area contributed by atoms with Gasteiger partial charge in [-0.15, -0.1) is 0 Å². The summed E-state index contributed by atoms with van der Waals surface area (Å²) < 4.78 is 10.6. The largest absolute Gasteiger partial charge is 0.478 e. The number of aryl methyl sites for hydroxylation is 1. The molecule has 1 fully saturated rings. The van der Waals surface area contributed by atoms with Gasteiger partial charge in [-0.3, -0.25) is 4.79 Å². The SMILES string of the molecule is CC(=O)O[C@@H]1C=C(C(=O)O)[C@]2(CO)CC[C@@H](C)[C@](C)(CCc3ccoc3)[C@H]2C1. The molecule has 0 radical (unpaired) electrons. The van der Waals surface area contributed by atoms with Crippen molar-refractivity contribution in [2.24, 2.45) is 22.7 Å². The topological polar surface area (TPSA) is 97.0 Å². The standard InChI is InChI=1S/C22H30O6/c1-14-4-8-22(13-23)18(20(25)26)10-17(28-15(2)24)11-19(22)21(14,3)7-5-16-6-9-27-12-16/h6,9-10,12,14,17,19,23H,4-5,7-8,11,13H2,1-3H3,(H,25,26)/t14-,17-,19-,21+,22-/m1/s1. The van der Waals surface area contributed by atoms with E-state index in [1.165, 1.54) is 6.92 Å². The van der Waals surface area contributed by atoms with Crippen molar-refractivity contribution in [1.82, 2.24) is 0 Å². The van der Waals surface area contributed by atoms with E-state index in [4.69, 9.17) is 9.15 Å². The zero-order chi connectivity index (χ0) is 20.5. The summed E-state index contributed by atoms with van der Waals surface area (Å²) in [7, 11) is 0. The molecule has 1 aromatic rings. The maximum absolute atomic E-state index is 12.1. The smallest absolute Gasteiger partial charge is 0.332 e. The quantitative estimate of drug-likeness (QED) is 0.721. The molecule has 1 aromatic heterocycles. The highest BCUT2D eigenvalue weighted by atomic mass is 16.5. The third kappa shape index (κ3) is 3.50. The van der Waals surface area contributed by atoms with Gasteiger partial charge in [0.05, 0.1) is 19.1 Å². The van der Waals surface area contributed by atoms with Gasteiger partial charge in [0, 0.05) is 17.9 Å². The summed E-state index contributed by atoms with van der Waals surface area (Å²) in [5.74, 6) is -1.20. The molecule has 3 rings (SSSR count). The minimum Gasteiger partial charge on any atom is -0.478 e. The molecule has 6 nitrogen and oxygen atoms in total. The number of hydrogen-bond acceptors (Lipinski definition) is 5. The maximum Gasteiger partial charge on any atom is 0.332 e. The molecule has 28 heavy (non-hydrogen) atoms. The van der Waals surface area contributed by atoms with E-state index in [9.17, 15) is 19.8 Å². The molecule has 0 aliphatic heterocycles. The number of hydrogen-bond donors (Lipinski definition) is 2. The fraction of sp³-hybridized carbons (Fsp3) is 0.636. The Hall–Kier alpha value is -2.08. The number of rotatable bonds is 6. The van der Waals surface area contributed by atoms with E-state index >= 15 is 0 Å². The molecule has 0 aromatic carbocycles. The number of carbonyl (C=O) groups is 2. The Morgan fingerprint density at radius 1 is 1.39 bits per heavy atom. The Labute approximate surface area is 165 Å². The molecule has 154 valence electrons. The van der Waals surface area contributed by atoms with Crippen LogP contribution in [0.3, 0.4) is 0 Å². The molecule has 2 aliphatic carbocycles. The molecule has 6 heteroatoms. The van der Waals surface area contributed by atoms with E-state index in [0.717, 1.165) is 24.8 Å². The minimum atomic E-state index is -1.04. The molecular formula is C22H30O6. The van der Waals surface area contributed by atoms with Crippen molar-refractivity contribution >= 4 is 11.9 Å². The zero-order valence-corrected chi connectivity index (χ0v) is 16.8. The number of carboxylic acid groups (broad SMARTS) is 1. The second kappa shape index (κ2) is 7.74. The van der Waals surface area contributed by atoms with Crippen molar-refractivity contribution in [3.8, 4) is 0 Å². The monoisotopic (exact) mass is 390 g/mol. The number of fused-ring (bicyclic) bond motifs is 1. The van der Waals surface area contributed by atoms with Gasteiger partial charge in [0.1, 0.15) is 6.10 Å². The first-order valence-corrected chi connectivity index (χ1v) is 9.97. The van der Waals surface area contributed by atoms with Gasteiger partial charge in [0.15, 0.2) is 0 Å². The number of aliphatic carboxylic acids is 1. The number of ether oxygens (including phenoxy) is 1. The van der Waals surface area contributed by atoms with Crippen LogP contribution in [0.4, 0.5) is 0 Å². The van der Waals surface area contributed by atoms with E-state index in [-0.39, 0.29) is 23.5 Å². The van der Waals surface area contributed by atoms with Crippen LogP contribution in [0.25, 0.3) is 0 Å². The summed E-state index contributed by atoms with van der Waals surface area (Å²) in [5.41, 5.74) is 0.292. The average molecular weight is 390 g/mol. The molecule has 2 aliphatic rings. The van der Waals surface area contributed by atoms with Crippen molar-refractivity contribution in [3.63, 3.8) is 0 Å². The number of furan rings is 1. The fourth-order valence-electron chi connectivity index (χ4n) is 5.55. The van der Waals surface area contributed by atoms with Crippen LogP contribution in [0.2, 0.25) is 0 Å². The molecule has 0 saturated heterocycles. The molecule has 0 spiro atoms. The van der Waals surface area contributed by atoms with E-state index in [1.807, 2.05) is 6.07 Å². The first kappa shape index (κ1) is 20.6. The lowest BCUT2D eigenvalue weighted by atomic mass is 9.46. The van der Waals surface area contributed by atoms with Crippen LogP contribution in [0.15, 0.2) is 34.7 Å². The normalized spacial score (nSPS) is 35.0. The Morgan fingerprint density at radius 3 is 2.71 bits per heavy atom. The highest BCUT2D eigenvalue weighted by Crippen LogP contribution is 2.62. The van der Waals surface area contributed by atoms with Gasteiger partial charge in [-0.2, -0.15) is 0 Å².